The lowest BCUT2D eigenvalue weighted by Gasteiger charge is -2.31. The third kappa shape index (κ3) is 1.41. The number of nitrogens with zero attached hydrogens (tertiary/aromatic N) is 4. The summed E-state index contributed by atoms with van der Waals surface area (Å²) in [7, 11) is 0. The molecule has 0 bridgehead atoms. The van der Waals surface area contributed by atoms with Crippen LogP contribution in [0.3, 0.4) is 0 Å². The van der Waals surface area contributed by atoms with Crippen molar-refractivity contribution in [3.05, 3.63) is 24.2 Å². The summed E-state index contributed by atoms with van der Waals surface area (Å²) >= 11 is 0. The van der Waals surface area contributed by atoms with Gasteiger partial charge in [-0.25, -0.2) is 4.98 Å². The third-order valence-corrected chi connectivity index (χ3v) is 3.32. The zero-order chi connectivity index (χ0) is 11.1. The molecule has 16 heavy (non-hydrogen) atoms. The first kappa shape index (κ1) is 9.78. The molecule has 0 aromatic carbocycles. The highest BCUT2D eigenvalue weighted by Gasteiger charge is 2.20. The fourth-order valence-corrected chi connectivity index (χ4v) is 2.36. The van der Waals surface area contributed by atoms with Gasteiger partial charge in [-0.15, -0.1) is 0 Å². The second-order valence-corrected chi connectivity index (χ2v) is 4.62. The average molecular weight is 216 g/mol. The van der Waals surface area contributed by atoms with Gasteiger partial charge in [-0.2, -0.15) is 0 Å². The Morgan fingerprint density at radius 3 is 2.81 bits per heavy atom. The Hall–Kier alpha value is -1.42. The first-order chi connectivity index (χ1) is 7.75. The van der Waals surface area contributed by atoms with Crippen molar-refractivity contribution in [3.8, 4) is 0 Å². The second kappa shape index (κ2) is 3.56. The van der Waals surface area contributed by atoms with E-state index in [0.29, 0.717) is 6.04 Å². The summed E-state index contributed by atoms with van der Waals surface area (Å²) in [5.74, 6) is 0. The maximum absolute atomic E-state index is 4.41. The van der Waals surface area contributed by atoms with Crippen LogP contribution in [-0.4, -0.2) is 32.0 Å². The Labute approximate surface area is 94.9 Å². The molecule has 4 heteroatoms. The minimum absolute atomic E-state index is 0.604. The quantitative estimate of drug-likeness (QED) is 0.727. The SMILES string of the molecule is CC(C)N1CCn2c(cc3nccnc32)C1. The zero-order valence-electron chi connectivity index (χ0n) is 9.72. The molecule has 84 valence electrons. The van der Waals surface area contributed by atoms with Gasteiger partial charge in [0, 0.05) is 43.8 Å². The Kier molecular flexibility index (Phi) is 2.17. The van der Waals surface area contributed by atoms with Gasteiger partial charge in [-0.3, -0.25) is 9.88 Å². The number of aromatic nitrogens is 3. The van der Waals surface area contributed by atoms with Gasteiger partial charge >= 0.3 is 0 Å². The van der Waals surface area contributed by atoms with Crippen LogP contribution in [0.2, 0.25) is 0 Å². The number of fused-ring (bicyclic) bond motifs is 3. The first-order valence-electron chi connectivity index (χ1n) is 5.79. The topological polar surface area (TPSA) is 34.0 Å². The van der Waals surface area contributed by atoms with Gasteiger partial charge in [0.1, 0.15) is 5.52 Å². The molecule has 3 rings (SSSR count). The third-order valence-electron chi connectivity index (χ3n) is 3.32. The van der Waals surface area contributed by atoms with Gasteiger partial charge in [-0.05, 0) is 19.9 Å². The summed E-state index contributed by atoms with van der Waals surface area (Å²) < 4.78 is 2.29. The molecule has 0 saturated heterocycles. The smallest absolute Gasteiger partial charge is 0.158 e. The Morgan fingerprint density at radius 2 is 2.00 bits per heavy atom. The van der Waals surface area contributed by atoms with Crippen LogP contribution in [0.5, 0.6) is 0 Å². The van der Waals surface area contributed by atoms with Gasteiger partial charge in [0.05, 0.1) is 0 Å². The van der Waals surface area contributed by atoms with E-state index in [4.69, 9.17) is 0 Å². The Balaban J connectivity index is 2.06. The molecule has 1 aliphatic rings. The standard InChI is InChI=1S/C12H16N4/c1-9(2)15-5-6-16-10(8-15)7-11-12(16)14-4-3-13-11/h3-4,7,9H,5-6,8H2,1-2H3. The molecule has 0 fully saturated rings. The molecule has 0 spiro atoms. The predicted octanol–water partition coefficient (Wildman–Crippen LogP) is 1.66. The van der Waals surface area contributed by atoms with Crippen molar-refractivity contribution in [1.29, 1.82) is 0 Å². The van der Waals surface area contributed by atoms with Gasteiger partial charge in [0.15, 0.2) is 5.65 Å². The average Bonchev–Trinajstić information content (AvgIpc) is 2.66. The van der Waals surface area contributed by atoms with Crippen LogP contribution >= 0.6 is 0 Å². The molecule has 0 atom stereocenters. The summed E-state index contributed by atoms with van der Waals surface area (Å²) in [6.45, 7) is 7.63. The highest BCUT2D eigenvalue weighted by molar-refractivity contribution is 5.72. The van der Waals surface area contributed by atoms with E-state index in [2.05, 4.69) is 39.3 Å². The van der Waals surface area contributed by atoms with Gasteiger partial charge < -0.3 is 4.57 Å². The van der Waals surface area contributed by atoms with E-state index < -0.39 is 0 Å². The molecule has 2 aromatic heterocycles. The van der Waals surface area contributed by atoms with Crippen LogP contribution in [0.25, 0.3) is 11.2 Å². The second-order valence-electron chi connectivity index (χ2n) is 4.62. The lowest BCUT2D eigenvalue weighted by Crippen LogP contribution is -2.38. The lowest BCUT2D eigenvalue weighted by molar-refractivity contribution is 0.178. The van der Waals surface area contributed by atoms with Crippen molar-refractivity contribution in [2.24, 2.45) is 0 Å². The van der Waals surface area contributed by atoms with Crippen molar-refractivity contribution in [2.75, 3.05) is 6.54 Å². The van der Waals surface area contributed by atoms with E-state index in [0.717, 1.165) is 30.8 Å². The Morgan fingerprint density at radius 1 is 1.19 bits per heavy atom. The van der Waals surface area contributed by atoms with E-state index in [1.54, 1.807) is 12.4 Å². The first-order valence-corrected chi connectivity index (χ1v) is 5.79. The summed E-state index contributed by atoms with van der Waals surface area (Å²) in [5, 5.41) is 0. The monoisotopic (exact) mass is 216 g/mol. The van der Waals surface area contributed by atoms with Crippen molar-refractivity contribution in [2.45, 2.75) is 33.0 Å². The van der Waals surface area contributed by atoms with Crippen molar-refractivity contribution >= 4 is 11.2 Å². The minimum Gasteiger partial charge on any atom is -0.326 e. The van der Waals surface area contributed by atoms with E-state index in [1.807, 2.05) is 0 Å². The van der Waals surface area contributed by atoms with E-state index in [9.17, 15) is 0 Å². The van der Waals surface area contributed by atoms with Gasteiger partial charge in [-0.1, -0.05) is 0 Å². The molecular formula is C12H16N4. The molecule has 0 N–H and O–H groups in total. The van der Waals surface area contributed by atoms with Crippen LogP contribution in [0.4, 0.5) is 0 Å². The van der Waals surface area contributed by atoms with E-state index in [-0.39, 0.29) is 0 Å². The minimum atomic E-state index is 0.604. The van der Waals surface area contributed by atoms with Crippen LogP contribution in [-0.2, 0) is 13.1 Å². The fraction of sp³-hybridized carbons (Fsp3) is 0.500. The summed E-state index contributed by atoms with van der Waals surface area (Å²) in [5.41, 5.74) is 3.38. The molecule has 0 unspecified atom stereocenters. The lowest BCUT2D eigenvalue weighted by atomic mass is 10.2. The molecule has 0 aliphatic carbocycles. The Bertz CT molecular complexity index is 515. The zero-order valence-corrected chi connectivity index (χ0v) is 9.72. The largest absolute Gasteiger partial charge is 0.326 e. The van der Waals surface area contributed by atoms with E-state index in [1.165, 1.54) is 5.69 Å². The fourth-order valence-electron chi connectivity index (χ4n) is 2.36. The van der Waals surface area contributed by atoms with Gasteiger partial charge in [0.25, 0.3) is 0 Å². The highest BCUT2D eigenvalue weighted by Crippen LogP contribution is 2.21. The van der Waals surface area contributed by atoms with Crippen molar-refractivity contribution in [1.82, 2.24) is 19.4 Å². The van der Waals surface area contributed by atoms with Crippen molar-refractivity contribution < 1.29 is 0 Å². The van der Waals surface area contributed by atoms with Crippen LogP contribution in [0.15, 0.2) is 18.5 Å². The number of hydrogen-bond acceptors (Lipinski definition) is 3. The molecule has 1 aliphatic heterocycles. The summed E-state index contributed by atoms with van der Waals surface area (Å²) in [6.07, 6.45) is 3.53. The summed E-state index contributed by atoms with van der Waals surface area (Å²) in [6, 6.07) is 2.77. The number of rotatable bonds is 1. The molecule has 0 radical (unpaired) electrons. The van der Waals surface area contributed by atoms with Crippen molar-refractivity contribution in [3.63, 3.8) is 0 Å². The highest BCUT2D eigenvalue weighted by atomic mass is 15.2. The van der Waals surface area contributed by atoms with Crippen LogP contribution in [0, 0.1) is 0 Å². The van der Waals surface area contributed by atoms with E-state index >= 15 is 0 Å². The number of hydrogen-bond donors (Lipinski definition) is 0. The van der Waals surface area contributed by atoms with Crippen LogP contribution < -0.4 is 0 Å². The molecule has 3 heterocycles. The molecular weight excluding hydrogens is 200 g/mol. The normalized spacial score (nSPS) is 16.9. The molecule has 4 nitrogen and oxygen atoms in total. The van der Waals surface area contributed by atoms with Gasteiger partial charge in [0.2, 0.25) is 0 Å². The van der Waals surface area contributed by atoms with Crippen LogP contribution in [0.1, 0.15) is 19.5 Å². The predicted molar refractivity (Wildman–Crippen MR) is 63.1 cm³/mol. The summed E-state index contributed by atoms with van der Waals surface area (Å²) in [4.78, 5) is 11.2. The molecule has 0 saturated carbocycles. The molecule has 2 aromatic rings. The maximum Gasteiger partial charge on any atom is 0.158 e. The maximum atomic E-state index is 4.41. The molecule has 0 amide bonds.